The molecule has 104 valence electrons. The summed E-state index contributed by atoms with van der Waals surface area (Å²) in [7, 11) is 0. The Morgan fingerprint density at radius 3 is 2.63 bits per heavy atom. The molecule has 0 atom stereocenters. The van der Waals surface area contributed by atoms with E-state index in [1.54, 1.807) is 6.92 Å². The number of hydrogen-bond donors (Lipinski definition) is 1. The Bertz CT molecular complexity index is 438. The molecule has 3 amide bonds. The Morgan fingerprint density at radius 2 is 2.05 bits per heavy atom. The lowest BCUT2D eigenvalue weighted by Crippen LogP contribution is -2.44. The summed E-state index contributed by atoms with van der Waals surface area (Å²) in [6.07, 6.45) is 3.19. The van der Waals surface area contributed by atoms with Crippen LogP contribution in [0.2, 0.25) is 0 Å². The van der Waals surface area contributed by atoms with Gasteiger partial charge in [-0.2, -0.15) is 0 Å². The summed E-state index contributed by atoms with van der Waals surface area (Å²) in [5.74, 6) is -0.823. The van der Waals surface area contributed by atoms with Gasteiger partial charge in [-0.05, 0) is 19.8 Å². The minimum absolute atomic E-state index is 0.106. The third kappa shape index (κ3) is 2.34. The molecule has 0 aromatic rings. The summed E-state index contributed by atoms with van der Waals surface area (Å²) >= 11 is 0. The summed E-state index contributed by atoms with van der Waals surface area (Å²) in [6.45, 7) is 5.39. The fraction of sp³-hybridized carbons (Fsp3) is 0.615. The topological polar surface area (TPSA) is 75.7 Å². The highest BCUT2D eigenvalue weighted by Gasteiger charge is 2.52. The van der Waals surface area contributed by atoms with E-state index in [1.165, 1.54) is 0 Å². The van der Waals surface area contributed by atoms with E-state index in [-0.39, 0.29) is 24.6 Å². The molecule has 1 heterocycles. The van der Waals surface area contributed by atoms with Gasteiger partial charge in [0.2, 0.25) is 0 Å². The number of carbonyl (C=O) groups excluding carboxylic acids is 3. The van der Waals surface area contributed by atoms with Crippen LogP contribution in [-0.4, -0.2) is 41.5 Å². The van der Waals surface area contributed by atoms with Gasteiger partial charge in [0.15, 0.2) is 0 Å². The first-order chi connectivity index (χ1) is 9.00. The number of esters is 1. The van der Waals surface area contributed by atoms with Crippen LogP contribution in [0, 0.1) is 0 Å². The fourth-order valence-corrected chi connectivity index (χ4v) is 2.63. The molecule has 1 saturated carbocycles. The number of imide groups is 1. The van der Waals surface area contributed by atoms with E-state index in [0.717, 1.165) is 17.7 Å². The van der Waals surface area contributed by atoms with Crippen molar-refractivity contribution in [3.63, 3.8) is 0 Å². The smallest absolute Gasteiger partial charge is 0.335 e. The summed E-state index contributed by atoms with van der Waals surface area (Å²) in [5.41, 5.74) is -0.633. The average Bonchev–Trinajstić information content (AvgIpc) is 2.91. The van der Waals surface area contributed by atoms with Crippen molar-refractivity contribution in [2.24, 2.45) is 0 Å². The number of rotatable bonds is 4. The zero-order valence-electron chi connectivity index (χ0n) is 11.0. The zero-order valence-corrected chi connectivity index (χ0v) is 11.0. The SMILES string of the molecule is C=C(CN1C(=O)NC2(CCCC2)C1=O)C(=O)OCC. The number of urea groups is 1. The van der Waals surface area contributed by atoms with Gasteiger partial charge in [-0.1, -0.05) is 19.4 Å². The molecule has 2 rings (SSSR count). The molecule has 1 N–H and O–H groups in total. The van der Waals surface area contributed by atoms with Gasteiger partial charge in [0, 0.05) is 5.57 Å². The molecule has 1 spiro atoms. The second-order valence-electron chi connectivity index (χ2n) is 4.93. The van der Waals surface area contributed by atoms with E-state index >= 15 is 0 Å². The van der Waals surface area contributed by atoms with Gasteiger partial charge < -0.3 is 10.1 Å². The molecule has 6 nitrogen and oxygen atoms in total. The standard InChI is InChI=1S/C13H18N2O4/c1-3-19-10(16)9(2)8-15-11(17)13(14-12(15)18)6-4-5-7-13/h2-8H2,1H3,(H,14,18). The van der Waals surface area contributed by atoms with E-state index in [9.17, 15) is 14.4 Å². The van der Waals surface area contributed by atoms with E-state index in [1.807, 2.05) is 0 Å². The van der Waals surface area contributed by atoms with E-state index in [2.05, 4.69) is 11.9 Å². The molecule has 2 aliphatic rings. The van der Waals surface area contributed by atoms with E-state index in [4.69, 9.17) is 4.74 Å². The van der Waals surface area contributed by atoms with Crippen LogP contribution in [0.15, 0.2) is 12.2 Å². The first-order valence-corrected chi connectivity index (χ1v) is 6.49. The molecule has 0 aromatic heterocycles. The van der Waals surface area contributed by atoms with Crippen molar-refractivity contribution in [1.82, 2.24) is 10.2 Å². The Kier molecular flexibility index (Phi) is 3.59. The van der Waals surface area contributed by atoms with Crippen LogP contribution in [0.3, 0.4) is 0 Å². The molecule has 1 aliphatic heterocycles. The molecule has 6 heteroatoms. The van der Waals surface area contributed by atoms with Crippen molar-refractivity contribution in [3.05, 3.63) is 12.2 Å². The van der Waals surface area contributed by atoms with Gasteiger partial charge in [0.1, 0.15) is 5.54 Å². The summed E-state index contributed by atoms with van der Waals surface area (Å²) < 4.78 is 4.79. The highest BCUT2D eigenvalue weighted by Crippen LogP contribution is 2.35. The lowest BCUT2D eigenvalue weighted by molar-refractivity contribution is -0.138. The predicted octanol–water partition coefficient (Wildman–Crippen LogP) is 0.970. The minimum Gasteiger partial charge on any atom is -0.463 e. The van der Waals surface area contributed by atoms with Gasteiger partial charge >= 0.3 is 12.0 Å². The highest BCUT2D eigenvalue weighted by atomic mass is 16.5. The van der Waals surface area contributed by atoms with Crippen molar-refractivity contribution >= 4 is 17.9 Å². The first kappa shape index (κ1) is 13.6. The molecule has 0 radical (unpaired) electrons. The molecule has 0 unspecified atom stereocenters. The van der Waals surface area contributed by atoms with Gasteiger partial charge in [-0.3, -0.25) is 9.69 Å². The second-order valence-corrected chi connectivity index (χ2v) is 4.93. The Balaban J connectivity index is 2.05. The minimum atomic E-state index is -0.744. The van der Waals surface area contributed by atoms with Crippen molar-refractivity contribution in [2.45, 2.75) is 38.1 Å². The lowest BCUT2D eigenvalue weighted by Gasteiger charge is -2.20. The maximum Gasteiger partial charge on any atom is 0.335 e. The van der Waals surface area contributed by atoms with Gasteiger partial charge in [-0.25, -0.2) is 9.59 Å². The average molecular weight is 266 g/mol. The van der Waals surface area contributed by atoms with Crippen LogP contribution in [0.5, 0.6) is 0 Å². The normalized spacial score (nSPS) is 20.8. The number of nitrogens with one attached hydrogen (secondary N) is 1. The lowest BCUT2D eigenvalue weighted by atomic mass is 9.98. The van der Waals surface area contributed by atoms with Crippen LogP contribution in [0.1, 0.15) is 32.6 Å². The van der Waals surface area contributed by atoms with Gasteiger partial charge in [0.25, 0.3) is 5.91 Å². The molecule has 1 saturated heterocycles. The first-order valence-electron chi connectivity index (χ1n) is 6.49. The molecule has 2 fully saturated rings. The Morgan fingerprint density at radius 1 is 1.42 bits per heavy atom. The predicted molar refractivity (Wildman–Crippen MR) is 67.2 cm³/mol. The van der Waals surface area contributed by atoms with Gasteiger partial charge in [0.05, 0.1) is 13.2 Å². The van der Waals surface area contributed by atoms with Crippen LogP contribution in [-0.2, 0) is 14.3 Å². The highest BCUT2D eigenvalue weighted by molar-refractivity contribution is 6.08. The summed E-state index contributed by atoms with van der Waals surface area (Å²) in [4.78, 5) is 36.7. The maximum atomic E-state index is 12.3. The molecular formula is C13H18N2O4. The molecule has 1 aliphatic carbocycles. The third-order valence-electron chi connectivity index (χ3n) is 3.62. The number of amides is 3. The Hall–Kier alpha value is -1.85. The fourth-order valence-electron chi connectivity index (χ4n) is 2.63. The molecular weight excluding hydrogens is 248 g/mol. The quantitative estimate of drug-likeness (QED) is 0.467. The van der Waals surface area contributed by atoms with Crippen LogP contribution in [0.4, 0.5) is 4.79 Å². The largest absolute Gasteiger partial charge is 0.463 e. The second kappa shape index (κ2) is 5.03. The third-order valence-corrected chi connectivity index (χ3v) is 3.62. The number of carbonyl (C=O) groups is 3. The molecule has 0 aromatic carbocycles. The number of nitrogens with zero attached hydrogens (tertiary/aromatic N) is 1. The van der Waals surface area contributed by atoms with Gasteiger partial charge in [-0.15, -0.1) is 0 Å². The van der Waals surface area contributed by atoms with E-state index < -0.39 is 17.5 Å². The summed E-state index contributed by atoms with van der Waals surface area (Å²) in [6, 6.07) is -0.447. The van der Waals surface area contributed by atoms with Crippen LogP contribution < -0.4 is 5.32 Å². The number of hydrogen-bond acceptors (Lipinski definition) is 4. The molecule has 19 heavy (non-hydrogen) atoms. The van der Waals surface area contributed by atoms with Crippen molar-refractivity contribution < 1.29 is 19.1 Å². The van der Waals surface area contributed by atoms with Crippen LogP contribution in [0.25, 0.3) is 0 Å². The van der Waals surface area contributed by atoms with Crippen LogP contribution >= 0.6 is 0 Å². The van der Waals surface area contributed by atoms with E-state index in [0.29, 0.717) is 12.8 Å². The molecule has 0 bridgehead atoms. The maximum absolute atomic E-state index is 12.3. The monoisotopic (exact) mass is 266 g/mol. The van der Waals surface area contributed by atoms with Crippen molar-refractivity contribution in [2.75, 3.05) is 13.2 Å². The van der Waals surface area contributed by atoms with Crippen molar-refractivity contribution in [3.8, 4) is 0 Å². The number of ether oxygens (including phenoxy) is 1. The Labute approximate surface area is 111 Å². The zero-order chi connectivity index (χ0) is 14.0. The van der Waals surface area contributed by atoms with Crippen molar-refractivity contribution in [1.29, 1.82) is 0 Å². The summed E-state index contributed by atoms with van der Waals surface area (Å²) in [5, 5.41) is 2.75.